The predicted molar refractivity (Wildman–Crippen MR) is 194 cm³/mol. The number of benzene rings is 4. The van der Waals surface area contributed by atoms with Gasteiger partial charge < -0.3 is 38.1 Å². The number of epoxide rings is 1. The molecule has 0 bridgehead atoms. The first-order chi connectivity index (χ1) is 25.1. The molecule has 0 N–H and O–H groups in total. The van der Waals surface area contributed by atoms with E-state index in [2.05, 4.69) is 6.07 Å². The number of ether oxygens (including phenoxy) is 7. The van der Waals surface area contributed by atoms with Gasteiger partial charge in [-0.1, -0.05) is 48.5 Å². The Kier molecular flexibility index (Phi) is 11.8. The van der Waals surface area contributed by atoms with E-state index in [9.17, 15) is 14.9 Å². The number of nitro benzene ring substituents is 1. The van der Waals surface area contributed by atoms with E-state index in [1.165, 1.54) is 6.07 Å². The maximum Gasteiger partial charge on any atom is 0.410 e. The van der Waals surface area contributed by atoms with Crippen molar-refractivity contribution in [3.05, 3.63) is 106 Å². The van der Waals surface area contributed by atoms with Gasteiger partial charge in [-0.3, -0.25) is 10.1 Å². The maximum atomic E-state index is 13.4. The quantitative estimate of drug-likeness (QED) is 0.0535. The molecule has 2 aliphatic heterocycles. The molecule has 0 aliphatic carbocycles. The Bertz CT molecular complexity index is 1820. The molecule has 52 heavy (non-hydrogen) atoms. The van der Waals surface area contributed by atoms with Gasteiger partial charge >= 0.3 is 11.8 Å². The van der Waals surface area contributed by atoms with Gasteiger partial charge in [-0.25, -0.2) is 4.79 Å². The highest BCUT2D eigenvalue weighted by Gasteiger charge is 2.43. The number of carbonyl (C=O) groups excluding carboxylic acids is 1. The summed E-state index contributed by atoms with van der Waals surface area (Å²) in [5, 5.41) is 13.3. The fourth-order valence-electron chi connectivity index (χ4n) is 6.33. The van der Waals surface area contributed by atoms with E-state index in [-0.39, 0.29) is 30.1 Å². The van der Waals surface area contributed by atoms with E-state index in [0.29, 0.717) is 51.7 Å². The second-order valence-corrected chi connectivity index (χ2v) is 14.0. The van der Waals surface area contributed by atoms with Gasteiger partial charge in [0.05, 0.1) is 70.4 Å². The van der Waals surface area contributed by atoms with Crippen LogP contribution in [0.4, 0.5) is 10.5 Å². The molecule has 4 aromatic carbocycles. The van der Waals surface area contributed by atoms with Crippen molar-refractivity contribution in [2.24, 2.45) is 0 Å². The minimum atomic E-state index is -0.661. The van der Waals surface area contributed by atoms with Crippen LogP contribution >= 0.6 is 0 Å². The summed E-state index contributed by atoms with van der Waals surface area (Å²) in [7, 11) is 1.66. The molecule has 276 valence electrons. The molecule has 0 aromatic heterocycles. The van der Waals surface area contributed by atoms with Gasteiger partial charge in [-0.15, -0.1) is 0 Å². The number of nitrogens with zero attached hydrogens (tertiary/aromatic N) is 2. The Morgan fingerprint density at radius 3 is 2.31 bits per heavy atom. The molecular weight excluding hydrogens is 668 g/mol. The van der Waals surface area contributed by atoms with Crippen LogP contribution in [-0.4, -0.2) is 86.5 Å². The number of para-hydroxylation sites is 2. The molecule has 6 rings (SSSR count). The van der Waals surface area contributed by atoms with Crippen molar-refractivity contribution in [1.29, 1.82) is 0 Å². The fraction of sp³-hybridized carbons (Fsp3) is 0.425. The van der Waals surface area contributed by atoms with E-state index < -0.39 is 28.8 Å². The molecule has 2 heterocycles. The lowest BCUT2D eigenvalue weighted by Crippen LogP contribution is -2.55. The van der Waals surface area contributed by atoms with Crippen molar-refractivity contribution < 1.29 is 42.9 Å². The van der Waals surface area contributed by atoms with Crippen LogP contribution in [0.15, 0.2) is 84.9 Å². The smallest absolute Gasteiger partial charge is 0.410 e. The molecule has 3 unspecified atom stereocenters. The number of piperidine rings is 1. The molecule has 2 saturated heterocycles. The third kappa shape index (κ3) is 9.69. The van der Waals surface area contributed by atoms with Gasteiger partial charge in [0.2, 0.25) is 0 Å². The molecule has 2 fully saturated rings. The SMILES string of the molecule is COc1cc(COC2CN(C(=O)OC(C)(C)C)CC(OC[C@H]3CO3)C2c2ccc(OCCCOc3ccccc3[N+](=O)[O-])cc2)cc2ccccc12. The van der Waals surface area contributed by atoms with Gasteiger partial charge in [-0.05, 0) is 67.6 Å². The molecular formula is C40H46N2O10. The largest absolute Gasteiger partial charge is 0.496 e. The zero-order chi connectivity index (χ0) is 36.7. The van der Waals surface area contributed by atoms with Crippen LogP contribution in [0.3, 0.4) is 0 Å². The molecule has 12 nitrogen and oxygen atoms in total. The molecule has 2 aliphatic rings. The van der Waals surface area contributed by atoms with E-state index in [0.717, 1.165) is 27.6 Å². The van der Waals surface area contributed by atoms with Crippen LogP contribution in [0.2, 0.25) is 0 Å². The van der Waals surface area contributed by atoms with Gasteiger partial charge in [0.1, 0.15) is 23.2 Å². The minimum Gasteiger partial charge on any atom is -0.496 e. The monoisotopic (exact) mass is 714 g/mol. The lowest BCUT2D eigenvalue weighted by atomic mass is 9.84. The standard InChI is InChI=1S/C40H46N2O10/c1-40(2,3)52-39(43)41-22-36(50-24-27-20-29-10-5-6-11-32(29)35(21-27)46-4)38(37(23-41)51-26-31-25-49-31)28-14-16-30(17-15-28)47-18-9-19-48-34-13-8-7-12-33(34)42(44)45/h5-8,10-17,20-21,31,36-38H,9,18-19,22-26H2,1-4H3/t31-,36?,37?,38?/m1/s1. The summed E-state index contributed by atoms with van der Waals surface area (Å²) in [4.78, 5) is 25.9. The molecule has 0 spiro atoms. The van der Waals surface area contributed by atoms with Gasteiger partial charge in [0.25, 0.3) is 0 Å². The average molecular weight is 715 g/mol. The van der Waals surface area contributed by atoms with Crippen LogP contribution in [0.25, 0.3) is 10.8 Å². The molecule has 4 atom stereocenters. The normalized spacial score (nSPS) is 20.0. The number of hydrogen-bond acceptors (Lipinski definition) is 10. The van der Waals surface area contributed by atoms with Crippen LogP contribution in [-0.2, 0) is 25.6 Å². The number of fused-ring (bicyclic) bond motifs is 1. The number of nitro groups is 1. The van der Waals surface area contributed by atoms with Crippen LogP contribution in [0.5, 0.6) is 17.2 Å². The number of amides is 1. The first kappa shape index (κ1) is 36.9. The zero-order valence-electron chi connectivity index (χ0n) is 30.0. The Morgan fingerprint density at radius 1 is 0.904 bits per heavy atom. The van der Waals surface area contributed by atoms with Crippen molar-refractivity contribution in [1.82, 2.24) is 4.90 Å². The number of rotatable bonds is 15. The van der Waals surface area contributed by atoms with Crippen molar-refractivity contribution >= 4 is 22.6 Å². The van der Waals surface area contributed by atoms with Crippen molar-refractivity contribution in [2.45, 2.75) is 63.6 Å². The third-order valence-corrected chi connectivity index (χ3v) is 8.86. The summed E-state index contributed by atoms with van der Waals surface area (Å²) in [6.07, 6.45) is -0.680. The summed E-state index contributed by atoms with van der Waals surface area (Å²) in [6.45, 7) is 8.17. The van der Waals surface area contributed by atoms with Crippen molar-refractivity contribution in [3.63, 3.8) is 0 Å². The summed E-state index contributed by atoms with van der Waals surface area (Å²) in [5.74, 6) is 1.45. The van der Waals surface area contributed by atoms with Gasteiger partial charge in [-0.2, -0.15) is 0 Å². The van der Waals surface area contributed by atoms with Crippen LogP contribution in [0, 0.1) is 10.1 Å². The predicted octanol–water partition coefficient (Wildman–Crippen LogP) is 7.31. The van der Waals surface area contributed by atoms with E-state index in [4.69, 9.17) is 33.2 Å². The first-order valence-corrected chi connectivity index (χ1v) is 17.6. The maximum absolute atomic E-state index is 13.4. The highest BCUT2D eigenvalue weighted by atomic mass is 16.6. The highest BCUT2D eigenvalue weighted by Crippen LogP contribution is 2.36. The Hall–Kier alpha value is -4.91. The molecule has 12 heteroatoms. The van der Waals surface area contributed by atoms with Gasteiger partial charge in [0, 0.05) is 23.8 Å². The minimum absolute atomic E-state index is 0.0368. The Labute approximate surface area is 303 Å². The lowest BCUT2D eigenvalue weighted by Gasteiger charge is -2.43. The third-order valence-electron chi connectivity index (χ3n) is 8.86. The second kappa shape index (κ2) is 16.6. The second-order valence-electron chi connectivity index (χ2n) is 14.0. The van der Waals surface area contributed by atoms with Gasteiger partial charge in [0.15, 0.2) is 5.75 Å². The van der Waals surface area contributed by atoms with E-state index in [1.807, 2.05) is 75.4 Å². The Morgan fingerprint density at radius 2 is 1.60 bits per heavy atom. The van der Waals surface area contributed by atoms with E-state index >= 15 is 0 Å². The topological polar surface area (TPSA) is 131 Å². The zero-order valence-corrected chi connectivity index (χ0v) is 30.0. The lowest BCUT2D eigenvalue weighted by molar-refractivity contribution is -0.385. The van der Waals surface area contributed by atoms with Crippen molar-refractivity contribution in [3.8, 4) is 17.2 Å². The molecule has 4 aromatic rings. The number of hydrogen-bond donors (Lipinski definition) is 0. The molecule has 0 radical (unpaired) electrons. The highest BCUT2D eigenvalue weighted by molar-refractivity contribution is 5.89. The average Bonchev–Trinajstić information content (AvgIpc) is 3.97. The summed E-state index contributed by atoms with van der Waals surface area (Å²) >= 11 is 0. The van der Waals surface area contributed by atoms with E-state index in [1.54, 1.807) is 30.2 Å². The fourth-order valence-corrected chi connectivity index (χ4v) is 6.33. The summed E-state index contributed by atoms with van der Waals surface area (Å²) < 4.78 is 41.8. The molecule has 1 amide bonds. The summed E-state index contributed by atoms with van der Waals surface area (Å²) in [6, 6.07) is 26.3. The van der Waals surface area contributed by atoms with Crippen LogP contribution in [0.1, 0.15) is 44.2 Å². The van der Waals surface area contributed by atoms with Crippen molar-refractivity contribution in [2.75, 3.05) is 46.6 Å². The Balaban J connectivity index is 1.18. The summed E-state index contributed by atoms with van der Waals surface area (Å²) in [5.41, 5.74) is 1.20. The first-order valence-electron chi connectivity index (χ1n) is 17.6. The van der Waals surface area contributed by atoms with Crippen LogP contribution < -0.4 is 14.2 Å². The number of likely N-dealkylation sites (tertiary alicyclic amines) is 1. The number of methoxy groups -OCH3 is 1. The molecule has 0 saturated carbocycles. The number of carbonyl (C=O) groups is 1.